The number of hydrogen-bond acceptors (Lipinski definition) is 12. The van der Waals surface area contributed by atoms with Crippen LogP contribution in [0.4, 0.5) is 0 Å². The first-order chi connectivity index (χ1) is 31.7. The van der Waals surface area contributed by atoms with Gasteiger partial charge in [-0.2, -0.15) is 5.10 Å². The Balaban J connectivity index is 1.28. The van der Waals surface area contributed by atoms with E-state index in [1.165, 1.54) is 11.4 Å². The Kier molecular flexibility index (Phi) is 23.6. The van der Waals surface area contributed by atoms with Crippen LogP contribution in [0, 0.1) is 11.8 Å². The standard InChI is InChI=1S/C51H85N7O8/c1-5-17-42(47(63)44(61)25-12-13-26-45(62)55-46(38-20-10-7-11-21-38)48(56-52)58(53)51(2,3)4)54-49(64)43-24-15-33-57(43)50(65)41(37-18-8-6-9-19-37)23-14-22-39(60)30-27-36-28-31-40(32-29-36)66-35-16-34-59/h7,10,20,28-29,31-32,37,41-44,46-47,50,59,61,63,65H,5-6,8-9,11-19,21-27,30,33-35,52-53H2,1-4H3,(H,54,64)(H,55,62)/b56-48-/t41?,42?,43-,44?,46?,47?,50?/m0/s1. The van der Waals surface area contributed by atoms with E-state index in [4.69, 9.17) is 21.5 Å². The number of benzene rings is 1. The maximum atomic E-state index is 14.0. The Morgan fingerprint density at radius 2 is 1.67 bits per heavy atom. The number of ether oxygens (including phenoxy) is 1. The minimum Gasteiger partial charge on any atom is -0.494 e. The topological polar surface area (TPSA) is 236 Å². The van der Waals surface area contributed by atoms with Gasteiger partial charge in [0.05, 0.1) is 30.9 Å². The quantitative estimate of drug-likeness (QED) is 0.0167. The molecule has 66 heavy (non-hydrogen) atoms. The van der Waals surface area contributed by atoms with E-state index < -0.39 is 42.1 Å². The summed E-state index contributed by atoms with van der Waals surface area (Å²) in [4.78, 5) is 42.3. The number of allylic oxidation sites excluding steroid dienone is 3. The van der Waals surface area contributed by atoms with Crippen LogP contribution in [-0.4, -0.2) is 116 Å². The molecule has 2 aliphatic carbocycles. The number of hydrogen-bond donors (Lipinski definition) is 8. The van der Waals surface area contributed by atoms with Gasteiger partial charge < -0.3 is 41.6 Å². The molecule has 7 atom stereocenters. The number of carbonyl (C=O) groups is 3. The Hall–Kier alpha value is -3.86. The molecule has 0 spiro atoms. The Bertz CT molecular complexity index is 1710. The molecule has 3 aliphatic rings. The average Bonchev–Trinajstić information content (AvgIpc) is 3.82. The Labute approximate surface area is 394 Å². The van der Waals surface area contributed by atoms with Gasteiger partial charge in [0.15, 0.2) is 5.84 Å². The zero-order valence-corrected chi connectivity index (χ0v) is 40.5. The zero-order valence-electron chi connectivity index (χ0n) is 40.5. The number of Topliss-reactive ketones (excluding diaryl/α,β-unsaturated/α-hetero) is 1. The summed E-state index contributed by atoms with van der Waals surface area (Å²) in [5, 5.41) is 55.3. The number of nitrogens with one attached hydrogen (secondary N) is 2. The lowest BCUT2D eigenvalue weighted by Crippen LogP contribution is -2.58. The van der Waals surface area contributed by atoms with E-state index in [0.29, 0.717) is 95.5 Å². The molecule has 15 heteroatoms. The summed E-state index contributed by atoms with van der Waals surface area (Å²) in [5.41, 5.74) is 1.53. The second-order valence-corrected chi connectivity index (χ2v) is 19.8. The zero-order chi connectivity index (χ0) is 48.1. The van der Waals surface area contributed by atoms with Gasteiger partial charge in [0.2, 0.25) is 11.8 Å². The molecule has 15 nitrogen and oxygen atoms in total. The van der Waals surface area contributed by atoms with Crippen LogP contribution in [0.15, 0.2) is 53.2 Å². The molecule has 2 fully saturated rings. The summed E-state index contributed by atoms with van der Waals surface area (Å²) in [6, 6.07) is 5.90. The predicted octanol–water partition coefficient (Wildman–Crippen LogP) is 5.67. The van der Waals surface area contributed by atoms with Crippen LogP contribution in [0.3, 0.4) is 0 Å². The van der Waals surface area contributed by atoms with E-state index >= 15 is 0 Å². The van der Waals surface area contributed by atoms with E-state index in [2.05, 4.69) is 21.8 Å². The third-order valence-corrected chi connectivity index (χ3v) is 13.7. The van der Waals surface area contributed by atoms with Crippen molar-refractivity contribution in [2.45, 2.75) is 205 Å². The first-order valence-electron chi connectivity index (χ1n) is 25.1. The number of aliphatic hydroxyl groups excluding tert-OH is 4. The monoisotopic (exact) mass is 924 g/mol. The molecule has 0 bridgehead atoms. The van der Waals surface area contributed by atoms with Crippen LogP contribution in [0.5, 0.6) is 5.75 Å². The van der Waals surface area contributed by atoms with Crippen LogP contribution >= 0.6 is 0 Å². The number of unbranched alkanes of at least 4 members (excludes halogenated alkanes) is 1. The first-order valence-corrected chi connectivity index (χ1v) is 25.1. The normalized spacial score (nSPS) is 20.2. The molecule has 1 aromatic rings. The number of likely N-dealkylation sites (tertiary alicyclic amines) is 1. The van der Waals surface area contributed by atoms with Crippen LogP contribution in [-0.2, 0) is 20.8 Å². The van der Waals surface area contributed by atoms with Crippen molar-refractivity contribution in [1.29, 1.82) is 0 Å². The van der Waals surface area contributed by atoms with Gasteiger partial charge in [-0.05, 0) is 114 Å². The average molecular weight is 924 g/mol. The minimum atomic E-state index is -1.21. The third-order valence-electron chi connectivity index (χ3n) is 13.7. The highest BCUT2D eigenvalue weighted by Gasteiger charge is 2.41. The van der Waals surface area contributed by atoms with Crippen molar-refractivity contribution in [3.05, 3.63) is 53.6 Å². The van der Waals surface area contributed by atoms with E-state index in [1.54, 1.807) is 0 Å². The van der Waals surface area contributed by atoms with Crippen molar-refractivity contribution in [1.82, 2.24) is 20.5 Å². The number of amidine groups is 1. The van der Waals surface area contributed by atoms with Gasteiger partial charge >= 0.3 is 0 Å². The molecule has 4 rings (SSSR count). The molecule has 1 aliphatic heterocycles. The predicted molar refractivity (Wildman–Crippen MR) is 260 cm³/mol. The number of rotatable bonds is 28. The molecular formula is C51H85N7O8. The lowest BCUT2D eigenvalue weighted by atomic mass is 9.76. The number of nitrogens with zero attached hydrogens (tertiary/aromatic N) is 3. The molecule has 1 heterocycles. The highest BCUT2D eigenvalue weighted by molar-refractivity contribution is 5.94. The number of carbonyl (C=O) groups excluding carboxylic acids is 3. The molecule has 1 saturated heterocycles. The molecule has 2 amide bonds. The van der Waals surface area contributed by atoms with Gasteiger partial charge in [0, 0.05) is 50.3 Å². The molecule has 1 aromatic carbocycles. The van der Waals surface area contributed by atoms with E-state index in [0.717, 1.165) is 61.8 Å². The highest BCUT2D eigenvalue weighted by Crippen LogP contribution is 2.38. The molecule has 372 valence electrons. The van der Waals surface area contributed by atoms with Gasteiger partial charge in [-0.25, -0.2) is 5.84 Å². The number of hydrazine groups is 1. The Morgan fingerprint density at radius 3 is 2.32 bits per heavy atom. The van der Waals surface area contributed by atoms with Crippen LogP contribution < -0.4 is 27.1 Å². The van der Waals surface area contributed by atoms with Crippen molar-refractivity contribution >= 4 is 23.4 Å². The smallest absolute Gasteiger partial charge is 0.237 e. The number of hydrazone groups is 1. The fourth-order valence-corrected chi connectivity index (χ4v) is 9.81. The van der Waals surface area contributed by atoms with Crippen molar-refractivity contribution < 1.29 is 39.5 Å². The molecule has 0 radical (unpaired) electrons. The third kappa shape index (κ3) is 17.3. The second kappa shape index (κ2) is 28.5. The maximum absolute atomic E-state index is 14.0. The van der Waals surface area contributed by atoms with Gasteiger partial charge in [-0.3, -0.25) is 24.3 Å². The largest absolute Gasteiger partial charge is 0.494 e. The summed E-state index contributed by atoms with van der Waals surface area (Å²) in [6.45, 7) is 8.90. The minimum absolute atomic E-state index is 0.0621. The van der Waals surface area contributed by atoms with E-state index in [1.807, 2.05) is 69.0 Å². The van der Waals surface area contributed by atoms with Crippen molar-refractivity contribution in [2.24, 2.45) is 28.6 Å². The fraction of sp³-hybridized carbons (Fsp3) is 0.725. The molecular weight excluding hydrogens is 839 g/mol. The summed E-state index contributed by atoms with van der Waals surface area (Å²) in [5.74, 6) is 13.3. The van der Waals surface area contributed by atoms with E-state index in [9.17, 15) is 29.7 Å². The van der Waals surface area contributed by atoms with Crippen molar-refractivity contribution in [3.63, 3.8) is 0 Å². The van der Waals surface area contributed by atoms with Crippen molar-refractivity contribution in [3.8, 4) is 5.75 Å². The van der Waals surface area contributed by atoms with Crippen molar-refractivity contribution in [2.75, 3.05) is 19.8 Å². The van der Waals surface area contributed by atoms with Crippen LogP contribution in [0.1, 0.15) is 162 Å². The van der Waals surface area contributed by atoms with Crippen LogP contribution in [0.2, 0.25) is 0 Å². The van der Waals surface area contributed by atoms with Gasteiger partial charge in [-0.15, -0.1) is 0 Å². The molecule has 10 N–H and O–H groups in total. The number of aliphatic hydroxyl groups is 4. The summed E-state index contributed by atoms with van der Waals surface area (Å²) < 4.78 is 5.62. The Morgan fingerprint density at radius 1 is 0.924 bits per heavy atom. The number of nitrogens with two attached hydrogens (primary N) is 2. The first kappa shape index (κ1) is 54.7. The number of ketones is 1. The SMILES string of the molecule is CCCC(NC(=O)[C@@H]1CCCN1C(O)C(CCCC(=O)CCc1ccc(OCCCO)cc1)C1CCCCC1)C(O)C(O)CCCCC(=O)NC(C1=CC=CCC1)/C(=N/N)N(N)C(C)(C)C. The summed E-state index contributed by atoms with van der Waals surface area (Å²) in [6.07, 6.45) is 17.2. The van der Waals surface area contributed by atoms with E-state index in [-0.39, 0.29) is 43.0 Å². The van der Waals surface area contributed by atoms with Gasteiger partial charge in [0.25, 0.3) is 0 Å². The fourth-order valence-electron chi connectivity index (χ4n) is 9.81. The lowest BCUT2D eigenvalue weighted by molar-refractivity contribution is -0.136. The summed E-state index contributed by atoms with van der Waals surface area (Å²) in [7, 11) is 0. The highest BCUT2D eigenvalue weighted by atomic mass is 16.5. The molecule has 6 unspecified atom stereocenters. The molecule has 1 saturated carbocycles. The number of aryl methyl sites for hydroxylation is 1. The second-order valence-electron chi connectivity index (χ2n) is 19.8. The van der Waals surface area contributed by atoms with Gasteiger partial charge in [0.1, 0.15) is 23.8 Å². The van der Waals surface area contributed by atoms with Gasteiger partial charge in [-0.1, -0.05) is 82.2 Å². The lowest BCUT2D eigenvalue weighted by Gasteiger charge is -2.40. The van der Waals surface area contributed by atoms with Crippen LogP contribution in [0.25, 0.3) is 0 Å². The summed E-state index contributed by atoms with van der Waals surface area (Å²) >= 11 is 0. The number of amides is 2. The molecule has 0 aromatic heterocycles. The maximum Gasteiger partial charge on any atom is 0.237 e.